The summed E-state index contributed by atoms with van der Waals surface area (Å²) in [6.45, 7) is 0.519. The number of rotatable bonds is 10. The molecule has 0 bridgehead atoms. The maximum Gasteiger partial charge on any atom is 0.247 e. The molecule has 0 spiro atoms. The highest BCUT2D eigenvalue weighted by Gasteiger charge is 2.18. The summed E-state index contributed by atoms with van der Waals surface area (Å²) in [5.74, 6) is 0.507. The number of nitrogens with one attached hydrogen (secondary N) is 2. The first-order chi connectivity index (χ1) is 16.5. The molecule has 0 radical (unpaired) electrons. The number of amidine groups is 2. The van der Waals surface area contributed by atoms with Gasteiger partial charge < -0.3 is 11.1 Å². The molecule has 10 nitrogen and oxygen atoms in total. The van der Waals surface area contributed by atoms with E-state index in [4.69, 9.17) is 10.4 Å². The van der Waals surface area contributed by atoms with E-state index in [-0.39, 0.29) is 27.7 Å². The highest BCUT2D eigenvalue weighted by atomic mass is 79.9. The Balaban J connectivity index is 1.45. The van der Waals surface area contributed by atoms with Crippen LogP contribution in [0.4, 0.5) is 15.9 Å². The minimum Gasteiger partial charge on any atom is -0.387 e. The molecule has 1 fully saturated rings. The fourth-order valence-electron chi connectivity index (χ4n) is 3.81. The molecule has 184 valence electrons. The lowest BCUT2D eigenvalue weighted by Crippen LogP contribution is -2.22. The number of hydrogen-bond acceptors (Lipinski definition) is 7. The van der Waals surface area contributed by atoms with Gasteiger partial charge >= 0.3 is 0 Å². The van der Waals surface area contributed by atoms with Gasteiger partial charge in [0.1, 0.15) is 11.7 Å². The Labute approximate surface area is 205 Å². The topological polar surface area (TPSA) is 151 Å². The fraction of sp³-hybridized carbons (Fsp3) is 0.500. The summed E-state index contributed by atoms with van der Waals surface area (Å²) in [5, 5.41) is 20.1. The molecule has 12 heteroatoms. The molecule has 1 saturated carbocycles. The van der Waals surface area contributed by atoms with Gasteiger partial charge in [0.05, 0.1) is 10.2 Å². The van der Waals surface area contributed by atoms with Crippen LogP contribution in [0.25, 0.3) is 0 Å². The Morgan fingerprint density at radius 2 is 2.06 bits per heavy atom. The predicted octanol–water partition coefficient (Wildman–Crippen LogP) is 4.46. The van der Waals surface area contributed by atoms with Gasteiger partial charge in [0.25, 0.3) is 0 Å². The molecule has 1 amide bonds. The first-order valence-electron chi connectivity index (χ1n) is 11.3. The average molecular weight is 538 g/mol. The third-order valence-electron chi connectivity index (χ3n) is 5.57. The lowest BCUT2D eigenvalue weighted by Gasteiger charge is -2.19. The van der Waals surface area contributed by atoms with Crippen molar-refractivity contribution in [2.75, 3.05) is 11.9 Å². The number of hydrogen-bond donors (Lipinski definition) is 4. The van der Waals surface area contributed by atoms with Crippen molar-refractivity contribution in [1.82, 2.24) is 15.8 Å². The first-order valence-corrected chi connectivity index (χ1v) is 12.1. The largest absolute Gasteiger partial charge is 0.387 e. The van der Waals surface area contributed by atoms with Crippen LogP contribution in [0, 0.1) is 11.7 Å². The third kappa shape index (κ3) is 7.87. The molecule has 5 N–H and O–H groups in total. The lowest BCUT2D eigenvalue weighted by atomic mass is 9.87. The molecule has 3 rings (SSSR count). The van der Waals surface area contributed by atoms with Crippen LogP contribution < -0.4 is 16.5 Å². The second-order valence-corrected chi connectivity index (χ2v) is 9.08. The van der Waals surface area contributed by atoms with E-state index >= 15 is 0 Å². The van der Waals surface area contributed by atoms with E-state index in [1.54, 1.807) is 0 Å². The Bertz CT molecular complexity index is 1020. The maximum atomic E-state index is 13.4. The number of anilines is 1. The molecular formula is C22H29BrFN7O3. The minimum absolute atomic E-state index is 0.0184. The number of carbonyl (C=O) groups excluding carboxylic acids is 1. The highest BCUT2D eigenvalue weighted by molar-refractivity contribution is 9.10. The molecule has 1 aromatic heterocycles. The fourth-order valence-corrected chi connectivity index (χ4v) is 4.18. The Hall–Kier alpha value is -2.86. The smallest absolute Gasteiger partial charge is 0.247 e. The Morgan fingerprint density at radius 1 is 1.26 bits per heavy atom. The molecule has 34 heavy (non-hydrogen) atoms. The number of aromatic nitrogens is 2. The van der Waals surface area contributed by atoms with Gasteiger partial charge in [-0.05, 0) is 76.0 Å². The zero-order valence-corrected chi connectivity index (χ0v) is 20.4. The number of aliphatic imine (C=N–C) groups is 2. The number of nitrogens with two attached hydrogens (primary N) is 1. The number of hydroxylamine groups is 1. The zero-order chi connectivity index (χ0) is 24.3. The van der Waals surface area contributed by atoms with Crippen molar-refractivity contribution in [3.05, 3.63) is 34.2 Å². The Morgan fingerprint density at radius 3 is 2.79 bits per heavy atom. The van der Waals surface area contributed by atoms with Gasteiger partial charge in [0, 0.05) is 19.4 Å². The molecular weight excluding hydrogens is 509 g/mol. The van der Waals surface area contributed by atoms with Crippen LogP contribution in [0.15, 0.2) is 37.3 Å². The summed E-state index contributed by atoms with van der Waals surface area (Å²) >= 11 is 3.09. The zero-order valence-electron chi connectivity index (χ0n) is 18.8. The summed E-state index contributed by atoms with van der Waals surface area (Å²) in [6, 6.07) is 4.15. The van der Waals surface area contributed by atoms with E-state index in [9.17, 15) is 14.4 Å². The van der Waals surface area contributed by atoms with Gasteiger partial charge in [-0.1, -0.05) is 19.3 Å². The van der Waals surface area contributed by atoms with Crippen LogP contribution in [0.1, 0.15) is 63.5 Å². The van der Waals surface area contributed by atoms with Crippen molar-refractivity contribution in [3.63, 3.8) is 0 Å². The predicted molar refractivity (Wildman–Crippen MR) is 130 cm³/mol. The van der Waals surface area contributed by atoms with E-state index in [1.165, 1.54) is 37.5 Å². The standard InChI is InChI=1S/C22H29BrFN7O3/c23-16-13-15(9-10-17(16)24)27-22(29-33)20-21(31-34-30-20)26-11-5-4-8-18(25)28-19(32)12-14-6-2-1-3-7-14/h9-10,13-14,33H,1-8,11-12H2,(H,26,31)(H,27,29)(H2,25,28,32). The molecule has 1 heterocycles. The van der Waals surface area contributed by atoms with E-state index in [1.807, 2.05) is 5.48 Å². The van der Waals surface area contributed by atoms with Gasteiger partial charge in [0.15, 0.2) is 11.5 Å². The number of benzene rings is 1. The number of amides is 1. The molecule has 0 saturated heterocycles. The van der Waals surface area contributed by atoms with Gasteiger partial charge in [0.2, 0.25) is 11.7 Å². The highest BCUT2D eigenvalue weighted by Crippen LogP contribution is 2.26. The van der Waals surface area contributed by atoms with Gasteiger partial charge in [-0.25, -0.2) is 19.0 Å². The summed E-state index contributed by atoms with van der Waals surface area (Å²) in [4.78, 5) is 20.3. The molecule has 0 unspecified atom stereocenters. The number of nitrogens with zero attached hydrogens (tertiary/aromatic N) is 4. The van der Waals surface area contributed by atoms with Crippen molar-refractivity contribution in [3.8, 4) is 0 Å². The second kappa shape index (κ2) is 13.1. The van der Waals surface area contributed by atoms with Crippen LogP contribution in [0.2, 0.25) is 0 Å². The summed E-state index contributed by atoms with van der Waals surface area (Å²) in [5.41, 5.74) is 8.44. The Kier molecular flexibility index (Phi) is 9.95. The summed E-state index contributed by atoms with van der Waals surface area (Å²) in [7, 11) is 0. The molecule has 2 aromatic rings. The van der Waals surface area contributed by atoms with E-state index in [0.29, 0.717) is 36.8 Å². The van der Waals surface area contributed by atoms with Crippen molar-refractivity contribution < 1.29 is 19.0 Å². The second-order valence-electron chi connectivity index (χ2n) is 8.22. The average Bonchev–Trinajstić information content (AvgIpc) is 3.28. The minimum atomic E-state index is -0.429. The van der Waals surface area contributed by atoms with Crippen molar-refractivity contribution in [1.29, 1.82) is 0 Å². The lowest BCUT2D eigenvalue weighted by molar-refractivity contribution is -0.118. The van der Waals surface area contributed by atoms with E-state index < -0.39 is 5.82 Å². The van der Waals surface area contributed by atoms with Crippen LogP contribution in [0.3, 0.4) is 0 Å². The van der Waals surface area contributed by atoms with Crippen LogP contribution >= 0.6 is 15.9 Å². The van der Waals surface area contributed by atoms with Crippen LogP contribution in [-0.2, 0) is 4.79 Å². The van der Waals surface area contributed by atoms with Gasteiger partial charge in [-0.15, -0.1) is 0 Å². The molecule has 0 atom stereocenters. The van der Waals surface area contributed by atoms with E-state index in [0.717, 1.165) is 25.7 Å². The van der Waals surface area contributed by atoms with Crippen molar-refractivity contribution in [2.45, 2.75) is 57.8 Å². The first kappa shape index (κ1) is 25.8. The molecule has 1 aliphatic rings. The summed E-state index contributed by atoms with van der Waals surface area (Å²) < 4.78 is 18.4. The van der Waals surface area contributed by atoms with Crippen LogP contribution in [0.5, 0.6) is 0 Å². The summed E-state index contributed by atoms with van der Waals surface area (Å²) in [6.07, 6.45) is 8.31. The SMILES string of the molecule is NC(CCCCNc1nonc1C(=Nc1ccc(F)c(Br)c1)NO)=NC(=O)CC1CCCCC1. The maximum absolute atomic E-state index is 13.4. The number of halogens is 2. The van der Waals surface area contributed by atoms with E-state index in [2.05, 4.69) is 41.5 Å². The molecule has 1 aliphatic carbocycles. The monoisotopic (exact) mass is 537 g/mol. The quantitative estimate of drug-likeness (QED) is 0.150. The number of carbonyl (C=O) groups is 1. The van der Waals surface area contributed by atoms with Gasteiger partial charge in [-0.2, -0.15) is 0 Å². The molecule has 1 aromatic carbocycles. The van der Waals surface area contributed by atoms with Crippen molar-refractivity contribution in [2.24, 2.45) is 21.6 Å². The third-order valence-corrected chi connectivity index (χ3v) is 6.18. The molecule has 0 aliphatic heterocycles. The van der Waals surface area contributed by atoms with Crippen LogP contribution in [-0.4, -0.2) is 39.6 Å². The van der Waals surface area contributed by atoms with Crippen molar-refractivity contribution >= 4 is 45.0 Å². The van der Waals surface area contributed by atoms with Gasteiger partial charge in [-0.3, -0.25) is 15.5 Å². The normalized spacial score (nSPS) is 15.4. The number of unbranched alkanes of at least 4 members (excludes halogenated alkanes) is 1.